The molecule has 1 unspecified atom stereocenters. The highest BCUT2D eigenvalue weighted by molar-refractivity contribution is 7.11. The van der Waals surface area contributed by atoms with Gasteiger partial charge in [0.05, 0.1) is 5.01 Å². The molecule has 0 aliphatic carbocycles. The monoisotopic (exact) mass is 239 g/mol. The van der Waals surface area contributed by atoms with E-state index in [0.717, 1.165) is 11.6 Å². The second-order valence-corrected chi connectivity index (χ2v) is 5.98. The Morgan fingerprint density at radius 3 is 3.12 bits per heavy atom. The van der Waals surface area contributed by atoms with Crippen molar-refractivity contribution in [1.29, 1.82) is 0 Å². The van der Waals surface area contributed by atoms with Gasteiger partial charge in [-0.1, -0.05) is 0 Å². The summed E-state index contributed by atoms with van der Waals surface area (Å²) in [5.41, 5.74) is 0. The lowest BCUT2D eigenvalue weighted by Gasteiger charge is -2.15. The molecule has 0 bridgehead atoms. The van der Waals surface area contributed by atoms with E-state index in [0.29, 0.717) is 6.04 Å². The highest BCUT2D eigenvalue weighted by Crippen LogP contribution is 2.14. The third-order valence-corrected chi connectivity index (χ3v) is 4.10. The number of aryl methyl sites for hydroxylation is 1. The quantitative estimate of drug-likeness (QED) is 0.875. The lowest BCUT2D eigenvalue weighted by Crippen LogP contribution is -2.29. The van der Waals surface area contributed by atoms with E-state index >= 15 is 0 Å². The average Bonchev–Trinajstić information content (AvgIpc) is 2.56. The fraction of sp³-hybridized carbons (Fsp3) is 0.750. The van der Waals surface area contributed by atoms with Crippen molar-refractivity contribution in [2.24, 2.45) is 0 Å². The van der Waals surface area contributed by atoms with Crippen LogP contribution in [0.15, 0.2) is 6.20 Å². The van der Waals surface area contributed by atoms with Gasteiger partial charge in [0.15, 0.2) is 0 Å². The molecule has 1 N–H and O–H groups in total. The van der Waals surface area contributed by atoms with Crippen LogP contribution in [0.4, 0.5) is 0 Å². The van der Waals surface area contributed by atoms with Crippen molar-refractivity contribution in [3.05, 3.63) is 16.1 Å². The van der Waals surface area contributed by atoms with E-state index in [1.54, 1.807) is 11.3 Å². The van der Waals surface area contributed by atoms with Crippen molar-refractivity contribution in [2.45, 2.75) is 38.8 Å². The Kier molecular flexibility index (Phi) is 4.32. The molecule has 3 nitrogen and oxygen atoms in total. The summed E-state index contributed by atoms with van der Waals surface area (Å²) in [4.78, 5) is 8.07. The number of hydrogen-bond acceptors (Lipinski definition) is 4. The van der Waals surface area contributed by atoms with Gasteiger partial charge >= 0.3 is 0 Å². The first kappa shape index (κ1) is 12.0. The molecule has 2 rings (SSSR count). The fourth-order valence-corrected chi connectivity index (χ4v) is 2.92. The van der Waals surface area contributed by atoms with Crippen molar-refractivity contribution in [3.8, 4) is 0 Å². The molecule has 0 radical (unpaired) electrons. The molecule has 1 aromatic rings. The van der Waals surface area contributed by atoms with Crippen LogP contribution in [0, 0.1) is 6.92 Å². The van der Waals surface area contributed by atoms with Gasteiger partial charge in [0.1, 0.15) is 0 Å². The van der Waals surface area contributed by atoms with Crippen LogP contribution >= 0.6 is 11.3 Å². The molecule has 0 aromatic carbocycles. The smallest absolute Gasteiger partial charge is 0.0897 e. The molecule has 1 saturated heterocycles. The first-order valence-corrected chi connectivity index (χ1v) is 6.89. The van der Waals surface area contributed by atoms with Crippen LogP contribution in [0.2, 0.25) is 0 Å². The van der Waals surface area contributed by atoms with E-state index in [9.17, 15) is 0 Å². The number of hydrogen-bond donors (Lipinski definition) is 1. The predicted octanol–water partition coefficient (Wildman–Crippen LogP) is 2.03. The van der Waals surface area contributed by atoms with Crippen LogP contribution in [-0.2, 0) is 6.54 Å². The molecule has 1 aromatic heterocycles. The highest BCUT2D eigenvalue weighted by Gasteiger charge is 2.14. The van der Waals surface area contributed by atoms with Crippen molar-refractivity contribution in [2.75, 3.05) is 20.1 Å². The molecule has 0 amide bonds. The predicted molar refractivity (Wildman–Crippen MR) is 68.8 cm³/mol. The Bertz CT molecular complexity index is 324. The van der Waals surface area contributed by atoms with Gasteiger partial charge in [-0.2, -0.15) is 0 Å². The zero-order valence-corrected chi connectivity index (χ0v) is 11.0. The molecule has 0 spiro atoms. The summed E-state index contributed by atoms with van der Waals surface area (Å²) in [7, 11) is 2.22. The van der Waals surface area contributed by atoms with Crippen LogP contribution in [0.3, 0.4) is 0 Å². The molecule has 1 fully saturated rings. The van der Waals surface area contributed by atoms with E-state index in [4.69, 9.17) is 0 Å². The summed E-state index contributed by atoms with van der Waals surface area (Å²) < 4.78 is 0. The fourth-order valence-electron chi connectivity index (χ4n) is 2.18. The second kappa shape index (κ2) is 5.75. The summed E-state index contributed by atoms with van der Waals surface area (Å²) >= 11 is 1.80. The number of nitrogens with zero attached hydrogens (tertiary/aromatic N) is 2. The van der Waals surface area contributed by atoms with Gasteiger partial charge in [0.2, 0.25) is 0 Å². The summed E-state index contributed by atoms with van der Waals surface area (Å²) in [5.74, 6) is 0. The lowest BCUT2D eigenvalue weighted by atomic mass is 10.1. The molecule has 4 heteroatoms. The highest BCUT2D eigenvalue weighted by atomic mass is 32.1. The standard InChI is InChI=1S/C12H21N3S/c1-10-13-8-12(16-10)9-14-11-4-3-6-15(2)7-5-11/h8,11,14H,3-7,9H2,1-2H3. The zero-order chi connectivity index (χ0) is 11.4. The van der Waals surface area contributed by atoms with E-state index in [-0.39, 0.29) is 0 Å². The largest absolute Gasteiger partial charge is 0.309 e. The van der Waals surface area contributed by atoms with Gasteiger partial charge < -0.3 is 10.2 Å². The molecule has 16 heavy (non-hydrogen) atoms. The van der Waals surface area contributed by atoms with Crippen molar-refractivity contribution in [1.82, 2.24) is 15.2 Å². The maximum atomic E-state index is 4.28. The van der Waals surface area contributed by atoms with Crippen LogP contribution in [-0.4, -0.2) is 36.1 Å². The van der Waals surface area contributed by atoms with E-state index in [2.05, 4.69) is 29.2 Å². The van der Waals surface area contributed by atoms with Crippen molar-refractivity contribution in [3.63, 3.8) is 0 Å². The van der Waals surface area contributed by atoms with Crippen LogP contribution in [0.25, 0.3) is 0 Å². The van der Waals surface area contributed by atoms with Gasteiger partial charge in [-0.3, -0.25) is 0 Å². The SMILES string of the molecule is Cc1ncc(CNC2CCCN(C)CC2)s1. The Morgan fingerprint density at radius 1 is 1.50 bits per heavy atom. The molecule has 2 heterocycles. The lowest BCUT2D eigenvalue weighted by molar-refractivity contribution is 0.343. The van der Waals surface area contributed by atoms with Crippen LogP contribution in [0.5, 0.6) is 0 Å². The number of likely N-dealkylation sites (tertiary alicyclic amines) is 1. The number of aromatic nitrogens is 1. The normalized spacial score (nSPS) is 23.2. The van der Waals surface area contributed by atoms with E-state index in [1.807, 2.05) is 6.20 Å². The topological polar surface area (TPSA) is 28.2 Å². The van der Waals surface area contributed by atoms with Gasteiger partial charge in [-0.05, 0) is 46.3 Å². The molecular formula is C12H21N3S. The van der Waals surface area contributed by atoms with Gasteiger partial charge in [-0.15, -0.1) is 11.3 Å². The molecule has 0 saturated carbocycles. The summed E-state index contributed by atoms with van der Waals surface area (Å²) in [6.45, 7) is 5.52. The van der Waals surface area contributed by atoms with E-state index < -0.39 is 0 Å². The van der Waals surface area contributed by atoms with Crippen LogP contribution in [0.1, 0.15) is 29.1 Å². The number of rotatable bonds is 3. The van der Waals surface area contributed by atoms with Gasteiger partial charge in [0.25, 0.3) is 0 Å². The zero-order valence-electron chi connectivity index (χ0n) is 10.2. The summed E-state index contributed by atoms with van der Waals surface area (Å²) in [5, 5.41) is 4.82. The average molecular weight is 239 g/mol. The van der Waals surface area contributed by atoms with Crippen molar-refractivity contribution >= 4 is 11.3 Å². The number of nitrogens with one attached hydrogen (secondary N) is 1. The Hall–Kier alpha value is -0.450. The molecule has 1 aliphatic rings. The van der Waals surface area contributed by atoms with Crippen LogP contribution < -0.4 is 5.32 Å². The van der Waals surface area contributed by atoms with Gasteiger partial charge in [0, 0.05) is 23.7 Å². The number of thiazole rings is 1. The van der Waals surface area contributed by atoms with E-state index in [1.165, 1.54) is 37.2 Å². The summed E-state index contributed by atoms with van der Waals surface area (Å²) in [6, 6.07) is 0.687. The third-order valence-electron chi connectivity index (χ3n) is 3.19. The Morgan fingerprint density at radius 2 is 2.38 bits per heavy atom. The molecule has 90 valence electrons. The Labute approximate surface area is 102 Å². The molecule has 1 atom stereocenters. The summed E-state index contributed by atoms with van der Waals surface area (Å²) in [6.07, 6.45) is 5.89. The third kappa shape index (κ3) is 3.54. The second-order valence-electron chi connectivity index (χ2n) is 4.66. The van der Waals surface area contributed by atoms with Crippen molar-refractivity contribution < 1.29 is 0 Å². The minimum absolute atomic E-state index is 0.687. The Balaban J connectivity index is 1.77. The maximum absolute atomic E-state index is 4.28. The first-order valence-electron chi connectivity index (χ1n) is 6.07. The van der Waals surface area contributed by atoms with Gasteiger partial charge in [-0.25, -0.2) is 4.98 Å². The molecular weight excluding hydrogens is 218 g/mol. The first-order chi connectivity index (χ1) is 7.74. The minimum atomic E-state index is 0.687. The maximum Gasteiger partial charge on any atom is 0.0897 e. The molecule has 1 aliphatic heterocycles. The minimum Gasteiger partial charge on any atom is -0.309 e.